The first-order valence-corrected chi connectivity index (χ1v) is 9.50. The highest BCUT2D eigenvalue weighted by Gasteiger charge is 2.46. The van der Waals surface area contributed by atoms with Crippen LogP contribution < -0.4 is 5.32 Å². The summed E-state index contributed by atoms with van der Waals surface area (Å²) in [6.45, 7) is 2.53. The van der Waals surface area contributed by atoms with E-state index < -0.39 is 0 Å². The van der Waals surface area contributed by atoms with Crippen molar-refractivity contribution in [2.24, 2.45) is 11.8 Å². The molecule has 0 bridgehead atoms. The standard InChI is InChI=1S/C21H22ClFN2O/c22-19-7-2-1-4-14(19)8-9-20(26)25-13-16-11-24-12-18(16)21(25)15-5-3-6-17(23)10-15/h1-7,10,16,18,21,24H,8-9,11-13H2/t16-,18-,21-/m0/s1. The van der Waals surface area contributed by atoms with E-state index in [4.69, 9.17) is 11.6 Å². The number of hydrogen-bond acceptors (Lipinski definition) is 2. The molecule has 1 N–H and O–H groups in total. The van der Waals surface area contributed by atoms with Gasteiger partial charge in [-0.3, -0.25) is 4.79 Å². The molecule has 136 valence electrons. The van der Waals surface area contributed by atoms with Gasteiger partial charge in [0, 0.05) is 37.0 Å². The summed E-state index contributed by atoms with van der Waals surface area (Å²) >= 11 is 6.21. The van der Waals surface area contributed by atoms with Crippen LogP contribution in [-0.2, 0) is 11.2 Å². The van der Waals surface area contributed by atoms with Gasteiger partial charge in [-0.1, -0.05) is 41.9 Å². The fourth-order valence-corrected chi connectivity index (χ4v) is 4.61. The minimum absolute atomic E-state index is 0.0514. The molecular formula is C21H22ClFN2O. The van der Waals surface area contributed by atoms with E-state index in [1.165, 1.54) is 6.07 Å². The molecule has 0 saturated carbocycles. The second-order valence-corrected chi connectivity index (χ2v) is 7.63. The molecule has 2 aromatic rings. The second kappa shape index (κ2) is 7.37. The van der Waals surface area contributed by atoms with Crippen LogP contribution in [0.3, 0.4) is 0 Å². The zero-order valence-electron chi connectivity index (χ0n) is 14.5. The van der Waals surface area contributed by atoms with Crippen LogP contribution >= 0.6 is 11.6 Å². The third-order valence-corrected chi connectivity index (χ3v) is 6.01. The van der Waals surface area contributed by atoms with Crippen molar-refractivity contribution in [3.8, 4) is 0 Å². The summed E-state index contributed by atoms with van der Waals surface area (Å²) in [5, 5.41) is 4.11. The van der Waals surface area contributed by atoms with Crippen LogP contribution in [0.15, 0.2) is 48.5 Å². The normalized spacial score (nSPS) is 24.7. The highest BCUT2D eigenvalue weighted by Crippen LogP contribution is 2.43. The van der Waals surface area contributed by atoms with Gasteiger partial charge in [0.15, 0.2) is 0 Å². The van der Waals surface area contributed by atoms with Crippen LogP contribution in [0, 0.1) is 17.7 Å². The molecule has 2 aromatic carbocycles. The van der Waals surface area contributed by atoms with Gasteiger partial charge in [-0.05, 0) is 41.7 Å². The van der Waals surface area contributed by atoms with E-state index >= 15 is 0 Å². The number of likely N-dealkylation sites (tertiary alicyclic amines) is 1. The van der Waals surface area contributed by atoms with Crippen LogP contribution in [0.5, 0.6) is 0 Å². The molecule has 0 aliphatic carbocycles. The largest absolute Gasteiger partial charge is 0.335 e. The molecule has 2 aliphatic rings. The van der Waals surface area contributed by atoms with E-state index in [2.05, 4.69) is 5.32 Å². The van der Waals surface area contributed by atoms with Crippen molar-refractivity contribution in [2.45, 2.75) is 18.9 Å². The highest BCUT2D eigenvalue weighted by molar-refractivity contribution is 6.31. The maximum Gasteiger partial charge on any atom is 0.223 e. The number of amides is 1. The monoisotopic (exact) mass is 372 g/mol. The number of benzene rings is 2. The topological polar surface area (TPSA) is 32.3 Å². The number of nitrogens with zero attached hydrogens (tertiary/aromatic N) is 1. The van der Waals surface area contributed by atoms with Gasteiger partial charge in [-0.2, -0.15) is 0 Å². The quantitative estimate of drug-likeness (QED) is 0.884. The molecule has 2 heterocycles. The summed E-state index contributed by atoms with van der Waals surface area (Å²) < 4.78 is 13.8. The van der Waals surface area contributed by atoms with Crippen molar-refractivity contribution in [1.29, 1.82) is 0 Å². The number of nitrogens with one attached hydrogen (secondary N) is 1. The Morgan fingerprint density at radius 2 is 2.04 bits per heavy atom. The average Bonchev–Trinajstić information content (AvgIpc) is 3.21. The summed E-state index contributed by atoms with van der Waals surface area (Å²) in [5.41, 5.74) is 1.89. The molecule has 2 saturated heterocycles. The molecule has 0 radical (unpaired) electrons. The van der Waals surface area contributed by atoms with Gasteiger partial charge < -0.3 is 10.2 Å². The summed E-state index contributed by atoms with van der Waals surface area (Å²) in [6, 6.07) is 14.3. The Morgan fingerprint density at radius 1 is 1.19 bits per heavy atom. The number of carbonyl (C=O) groups excluding carboxylic acids is 1. The summed E-state index contributed by atoms with van der Waals surface area (Å²) in [7, 11) is 0. The fraction of sp³-hybridized carbons (Fsp3) is 0.381. The molecule has 2 aliphatic heterocycles. The summed E-state index contributed by atoms with van der Waals surface area (Å²) in [4.78, 5) is 15.0. The van der Waals surface area contributed by atoms with E-state index in [0.29, 0.717) is 29.7 Å². The van der Waals surface area contributed by atoms with E-state index in [1.54, 1.807) is 12.1 Å². The lowest BCUT2D eigenvalue weighted by molar-refractivity contribution is -0.132. The predicted molar refractivity (Wildman–Crippen MR) is 100 cm³/mol. The maximum atomic E-state index is 13.8. The van der Waals surface area contributed by atoms with Crippen molar-refractivity contribution >= 4 is 17.5 Å². The zero-order valence-corrected chi connectivity index (χ0v) is 15.3. The van der Waals surface area contributed by atoms with Crippen molar-refractivity contribution in [2.75, 3.05) is 19.6 Å². The van der Waals surface area contributed by atoms with Crippen molar-refractivity contribution in [3.63, 3.8) is 0 Å². The smallest absolute Gasteiger partial charge is 0.223 e. The van der Waals surface area contributed by atoms with Crippen molar-refractivity contribution < 1.29 is 9.18 Å². The Bertz CT molecular complexity index is 812. The van der Waals surface area contributed by atoms with Gasteiger partial charge in [0.25, 0.3) is 0 Å². The maximum absolute atomic E-state index is 13.8. The second-order valence-electron chi connectivity index (χ2n) is 7.22. The number of carbonyl (C=O) groups is 1. The van der Waals surface area contributed by atoms with Crippen LogP contribution in [0.25, 0.3) is 0 Å². The molecule has 5 heteroatoms. The Balaban J connectivity index is 1.53. The van der Waals surface area contributed by atoms with Crippen LogP contribution in [0.4, 0.5) is 4.39 Å². The van der Waals surface area contributed by atoms with Gasteiger partial charge in [0.1, 0.15) is 5.82 Å². The lowest BCUT2D eigenvalue weighted by Gasteiger charge is -2.28. The molecular weight excluding hydrogens is 351 g/mol. The minimum Gasteiger partial charge on any atom is -0.335 e. The number of fused-ring (bicyclic) bond motifs is 1. The van der Waals surface area contributed by atoms with E-state index in [-0.39, 0.29) is 17.8 Å². The summed E-state index contributed by atoms with van der Waals surface area (Å²) in [6.07, 6.45) is 1.04. The molecule has 3 atom stereocenters. The molecule has 4 rings (SSSR count). The van der Waals surface area contributed by atoms with Gasteiger partial charge in [-0.15, -0.1) is 0 Å². The number of aryl methyl sites for hydroxylation is 1. The predicted octanol–water partition coefficient (Wildman–Crippen LogP) is 3.83. The van der Waals surface area contributed by atoms with Crippen LogP contribution in [-0.4, -0.2) is 30.4 Å². The SMILES string of the molecule is O=C(CCc1ccccc1Cl)N1C[C@@H]2CNC[C@@H]2[C@@H]1c1cccc(F)c1. The Morgan fingerprint density at radius 3 is 2.85 bits per heavy atom. The molecule has 0 unspecified atom stereocenters. The fourth-order valence-electron chi connectivity index (χ4n) is 4.38. The van der Waals surface area contributed by atoms with Gasteiger partial charge in [0.2, 0.25) is 5.91 Å². The number of rotatable bonds is 4. The van der Waals surface area contributed by atoms with E-state index in [1.807, 2.05) is 35.2 Å². The van der Waals surface area contributed by atoms with Gasteiger partial charge in [-0.25, -0.2) is 4.39 Å². The lowest BCUT2D eigenvalue weighted by Crippen LogP contribution is -2.34. The molecule has 0 spiro atoms. The number of hydrogen-bond donors (Lipinski definition) is 1. The minimum atomic E-state index is -0.250. The average molecular weight is 373 g/mol. The molecule has 0 aromatic heterocycles. The van der Waals surface area contributed by atoms with E-state index in [0.717, 1.165) is 30.8 Å². The van der Waals surface area contributed by atoms with Crippen molar-refractivity contribution in [3.05, 3.63) is 70.5 Å². The van der Waals surface area contributed by atoms with Gasteiger partial charge >= 0.3 is 0 Å². The first kappa shape index (κ1) is 17.5. The molecule has 3 nitrogen and oxygen atoms in total. The van der Waals surface area contributed by atoms with Crippen molar-refractivity contribution in [1.82, 2.24) is 10.2 Å². The summed E-state index contributed by atoms with van der Waals surface area (Å²) in [5.74, 6) is 0.655. The third-order valence-electron chi connectivity index (χ3n) is 5.64. The molecule has 1 amide bonds. The zero-order chi connectivity index (χ0) is 18.1. The molecule has 26 heavy (non-hydrogen) atoms. The lowest BCUT2D eigenvalue weighted by atomic mass is 9.89. The number of halogens is 2. The van der Waals surface area contributed by atoms with E-state index in [9.17, 15) is 9.18 Å². The molecule has 2 fully saturated rings. The first-order valence-electron chi connectivity index (χ1n) is 9.12. The van der Waals surface area contributed by atoms with Gasteiger partial charge in [0.05, 0.1) is 6.04 Å². The third kappa shape index (κ3) is 3.36. The Hall–Kier alpha value is -1.91. The van der Waals surface area contributed by atoms with Crippen LogP contribution in [0.1, 0.15) is 23.6 Å². The highest BCUT2D eigenvalue weighted by atomic mass is 35.5. The Labute approximate surface area is 158 Å². The van der Waals surface area contributed by atoms with Crippen LogP contribution in [0.2, 0.25) is 5.02 Å². The Kier molecular flexibility index (Phi) is 4.96. The first-order chi connectivity index (χ1) is 12.6.